The zero-order valence-electron chi connectivity index (χ0n) is 12.1. The van der Waals surface area contributed by atoms with Crippen LogP contribution in [0.5, 0.6) is 5.75 Å². The van der Waals surface area contributed by atoms with Gasteiger partial charge >= 0.3 is 0 Å². The van der Waals surface area contributed by atoms with Crippen LogP contribution < -0.4 is 9.46 Å². The fraction of sp³-hybridized carbons (Fsp3) is 0.538. The topological polar surface area (TPSA) is 75.6 Å². The summed E-state index contributed by atoms with van der Waals surface area (Å²) >= 11 is 1.42. The van der Waals surface area contributed by atoms with Crippen molar-refractivity contribution in [1.29, 1.82) is 0 Å². The predicted molar refractivity (Wildman–Crippen MR) is 81.9 cm³/mol. The lowest BCUT2D eigenvalue weighted by Crippen LogP contribution is -2.41. The van der Waals surface area contributed by atoms with E-state index in [2.05, 4.69) is 4.72 Å². The van der Waals surface area contributed by atoms with E-state index in [1.165, 1.54) is 18.9 Å². The molecule has 0 spiro atoms. The van der Waals surface area contributed by atoms with Gasteiger partial charge in [0.1, 0.15) is 10.6 Å². The number of benzene rings is 1. The van der Waals surface area contributed by atoms with Crippen LogP contribution in [-0.4, -0.2) is 44.8 Å². The van der Waals surface area contributed by atoms with Crippen molar-refractivity contribution in [2.24, 2.45) is 0 Å². The highest BCUT2D eigenvalue weighted by Gasteiger charge is 2.25. The molecule has 1 aromatic rings. The minimum Gasteiger partial charge on any atom is -0.495 e. The Bertz CT molecular complexity index is 541. The highest BCUT2D eigenvalue weighted by molar-refractivity contribution is 7.99. The molecular weight excluding hydrogens is 298 g/mol. The van der Waals surface area contributed by atoms with Gasteiger partial charge < -0.3 is 9.84 Å². The minimum atomic E-state index is -3.69. The van der Waals surface area contributed by atoms with Gasteiger partial charge in [-0.1, -0.05) is 6.07 Å². The Labute approximate surface area is 124 Å². The second kappa shape index (κ2) is 7.31. The molecule has 114 valence electrons. The summed E-state index contributed by atoms with van der Waals surface area (Å²) in [5.74, 6) is 0.306. The smallest absolute Gasteiger partial charge is 0.244 e. The molecule has 2 unspecified atom stereocenters. The van der Waals surface area contributed by atoms with Crippen LogP contribution in [0.4, 0.5) is 0 Å². The van der Waals surface area contributed by atoms with Gasteiger partial charge in [-0.05, 0) is 37.8 Å². The Morgan fingerprint density at radius 1 is 1.45 bits per heavy atom. The highest BCUT2D eigenvalue weighted by Crippen LogP contribution is 2.25. The summed E-state index contributed by atoms with van der Waals surface area (Å²) in [6.07, 6.45) is 1.83. The largest absolute Gasteiger partial charge is 0.495 e. The van der Waals surface area contributed by atoms with Gasteiger partial charge in [-0.25, -0.2) is 13.1 Å². The SMILES string of the molecule is COc1ccc(C)cc1S(=O)(=O)NC(C)C(CO)SC. The van der Waals surface area contributed by atoms with E-state index in [-0.39, 0.29) is 22.8 Å². The van der Waals surface area contributed by atoms with Crippen molar-refractivity contribution in [3.63, 3.8) is 0 Å². The molecule has 0 radical (unpaired) electrons. The number of rotatable bonds is 7. The molecule has 1 aromatic carbocycles. The van der Waals surface area contributed by atoms with Crippen LogP contribution in [0.1, 0.15) is 12.5 Å². The summed E-state index contributed by atoms with van der Waals surface area (Å²) < 4.78 is 32.6. The molecule has 0 aliphatic rings. The Morgan fingerprint density at radius 2 is 2.10 bits per heavy atom. The van der Waals surface area contributed by atoms with Crippen LogP contribution in [-0.2, 0) is 10.0 Å². The van der Waals surface area contributed by atoms with Gasteiger partial charge in [0.25, 0.3) is 0 Å². The fourth-order valence-electron chi connectivity index (χ4n) is 1.81. The van der Waals surface area contributed by atoms with Crippen LogP contribution in [0, 0.1) is 6.92 Å². The van der Waals surface area contributed by atoms with Gasteiger partial charge in [-0.2, -0.15) is 11.8 Å². The quantitative estimate of drug-likeness (QED) is 0.794. The molecule has 0 aromatic heterocycles. The van der Waals surface area contributed by atoms with E-state index < -0.39 is 10.0 Å². The third-order valence-corrected chi connectivity index (χ3v) is 5.73. The van der Waals surface area contributed by atoms with E-state index in [9.17, 15) is 13.5 Å². The number of sulfonamides is 1. The first-order valence-electron chi connectivity index (χ1n) is 6.16. The lowest BCUT2D eigenvalue weighted by molar-refractivity contribution is 0.282. The maximum Gasteiger partial charge on any atom is 0.244 e. The number of aliphatic hydroxyl groups is 1. The van der Waals surface area contributed by atoms with E-state index in [1.807, 2.05) is 13.2 Å². The van der Waals surface area contributed by atoms with Crippen LogP contribution in [0.25, 0.3) is 0 Å². The van der Waals surface area contributed by atoms with Crippen molar-refractivity contribution in [3.8, 4) is 5.75 Å². The molecular formula is C13H21NO4S2. The van der Waals surface area contributed by atoms with Crippen LogP contribution in [0.3, 0.4) is 0 Å². The normalized spacial score (nSPS) is 14.8. The van der Waals surface area contributed by atoms with Crippen molar-refractivity contribution >= 4 is 21.8 Å². The van der Waals surface area contributed by atoms with E-state index in [1.54, 1.807) is 25.1 Å². The average molecular weight is 319 g/mol. The lowest BCUT2D eigenvalue weighted by atomic mass is 10.2. The zero-order valence-corrected chi connectivity index (χ0v) is 13.7. The monoisotopic (exact) mass is 319 g/mol. The summed E-state index contributed by atoms with van der Waals surface area (Å²) in [5, 5.41) is 9.03. The average Bonchev–Trinajstić information content (AvgIpc) is 2.39. The zero-order chi connectivity index (χ0) is 15.3. The number of thioether (sulfide) groups is 1. The molecule has 5 nitrogen and oxygen atoms in total. The Balaban J connectivity index is 3.08. The van der Waals surface area contributed by atoms with Crippen molar-refractivity contribution in [3.05, 3.63) is 23.8 Å². The van der Waals surface area contributed by atoms with Crippen molar-refractivity contribution < 1.29 is 18.3 Å². The maximum atomic E-state index is 12.4. The number of aryl methyl sites for hydroxylation is 1. The number of methoxy groups -OCH3 is 1. The number of nitrogens with one attached hydrogen (secondary N) is 1. The standard InChI is InChI=1S/C13H21NO4S2/c1-9-5-6-11(18-3)13(7-9)20(16,17)14-10(2)12(8-15)19-4/h5-7,10,12,14-15H,8H2,1-4H3. The first-order chi connectivity index (χ1) is 9.35. The van der Waals surface area contributed by atoms with Gasteiger partial charge in [0, 0.05) is 11.3 Å². The maximum absolute atomic E-state index is 12.4. The first kappa shape index (κ1) is 17.3. The minimum absolute atomic E-state index is 0.0875. The molecule has 1 rings (SSSR count). The fourth-order valence-corrected chi connectivity index (χ4v) is 4.06. The van der Waals surface area contributed by atoms with E-state index >= 15 is 0 Å². The van der Waals surface area contributed by atoms with Crippen molar-refractivity contribution in [2.45, 2.75) is 30.0 Å². The molecule has 7 heteroatoms. The summed E-state index contributed by atoms with van der Waals surface area (Å²) in [4.78, 5) is 0.115. The van der Waals surface area contributed by atoms with E-state index in [4.69, 9.17) is 4.74 Å². The summed E-state index contributed by atoms with van der Waals surface area (Å²) in [5.41, 5.74) is 0.836. The second-order valence-electron chi connectivity index (χ2n) is 4.52. The molecule has 0 heterocycles. The van der Waals surface area contributed by atoms with Crippen LogP contribution in [0.2, 0.25) is 0 Å². The van der Waals surface area contributed by atoms with Gasteiger partial charge in [-0.15, -0.1) is 0 Å². The second-order valence-corrected chi connectivity index (χ2v) is 7.28. The van der Waals surface area contributed by atoms with Gasteiger partial charge in [-0.3, -0.25) is 0 Å². The molecule has 0 aliphatic carbocycles. The molecule has 0 fully saturated rings. The molecule has 2 atom stereocenters. The van der Waals surface area contributed by atoms with Crippen LogP contribution >= 0.6 is 11.8 Å². The molecule has 20 heavy (non-hydrogen) atoms. The molecule has 0 aliphatic heterocycles. The Kier molecular flexibility index (Phi) is 6.32. The lowest BCUT2D eigenvalue weighted by Gasteiger charge is -2.22. The highest BCUT2D eigenvalue weighted by atomic mass is 32.2. The van der Waals surface area contributed by atoms with Gasteiger partial charge in [0.2, 0.25) is 10.0 Å². The molecule has 0 bridgehead atoms. The number of hydrogen-bond acceptors (Lipinski definition) is 5. The summed E-state index contributed by atoms with van der Waals surface area (Å²) in [6, 6.07) is 4.61. The van der Waals surface area contributed by atoms with Crippen molar-refractivity contribution in [2.75, 3.05) is 20.0 Å². The molecule has 0 saturated heterocycles. The Morgan fingerprint density at radius 3 is 2.60 bits per heavy atom. The number of ether oxygens (including phenoxy) is 1. The van der Waals surface area contributed by atoms with E-state index in [0.717, 1.165) is 5.56 Å². The summed E-state index contributed by atoms with van der Waals surface area (Å²) in [6.45, 7) is 3.47. The van der Waals surface area contributed by atoms with Gasteiger partial charge in [0.15, 0.2) is 0 Å². The number of hydrogen-bond donors (Lipinski definition) is 2. The van der Waals surface area contributed by atoms with Crippen LogP contribution in [0.15, 0.2) is 23.1 Å². The first-order valence-corrected chi connectivity index (χ1v) is 8.93. The predicted octanol–water partition coefficient (Wildman–Crippen LogP) is 1.39. The van der Waals surface area contributed by atoms with Gasteiger partial charge in [0.05, 0.1) is 13.7 Å². The third kappa shape index (κ3) is 4.12. The molecule has 2 N–H and O–H groups in total. The number of aliphatic hydroxyl groups excluding tert-OH is 1. The van der Waals surface area contributed by atoms with Crippen molar-refractivity contribution in [1.82, 2.24) is 4.72 Å². The Hall–Kier alpha value is -0.760. The molecule has 0 saturated carbocycles. The van der Waals surface area contributed by atoms with E-state index in [0.29, 0.717) is 5.75 Å². The third-order valence-electron chi connectivity index (χ3n) is 2.99. The molecule has 0 amide bonds. The summed E-state index contributed by atoms with van der Waals surface area (Å²) in [7, 11) is -2.25.